The van der Waals surface area contributed by atoms with Gasteiger partial charge in [0.25, 0.3) is 0 Å². The summed E-state index contributed by atoms with van der Waals surface area (Å²) in [5.74, 6) is 0. The summed E-state index contributed by atoms with van der Waals surface area (Å²) >= 11 is 4.24. The molecule has 2 nitrogen and oxygen atoms in total. The average molecular weight is 473 g/mol. The zero-order chi connectivity index (χ0) is 23.5. The molecule has 0 rings (SSSR count). The molecule has 2 atom stereocenters. The van der Waals surface area contributed by atoms with E-state index in [2.05, 4.69) is 26.5 Å². The van der Waals surface area contributed by atoms with Crippen LogP contribution in [-0.4, -0.2) is 23.3 Å². The maximum atomic E-state index is 9.89. The molecule has 32 heavy (non-hydrogen) atoms. The lowest BCUT2D eigenvalue weighted by atomic mass is 10.0. The summed E-state index contributed by atoms with van der Waals surface area (Å²) in [7, 11) is 0. The van der Waals surface area contributed by atoms with Crippen LogP contribution in [0.4, 0.5) is 0 Å². The van der Waals surface area contributed by atoms with Crippen molar-refractivity contribution in [1.82, 2.24) is 0 Å². The van der Waals surface area contributed by atoms with Crippen LogP contribution < -0.4 is 0 Å². The molecule has 0 aromatic heterocycles. The summed E-state index contributed by atoms with van der Waals surface area (Å²) in [6.07, 6.45) is 32.1. The van der Waals surface area contributed by atoms with Crippen LogP contribution in [0, 0.1) is 0 Å². The van der Waals surface area contributed by atoms with Crippen molar-refractivity contribution >= 4 is 12.6 Å². The van der Waals surface area contributed by atoms with E-state index in [1.165, 1.54) is 135 Å². The molecule has 0 radical (unpaired) electrons. The number of aliphatic hydroxyl groups excluding tert-OH is 1. The largest absolute Gasteiger partial charge is 0.380 e. The Hall–Kier alpha value is 0.270. The van der Waals surface area contributed by atoms with E-state index < -0.39 is 5.44 Å². The van der Waals surface area contributed by atoms with Gasteiger partial charge in [-0.3, -0.25) is 0 Å². The van der Waals surface area contributed by atoms with Crippen molar-refractivity contribution in [2.75, 3.05) is 6.61 Å². The third-order valence-corrected chi connectivity index (χ3v) is 7.09. The molecule has 2 unspecified atom stereocenters. The van der Waals surface area contributed by atoms with E-state index in [1.54, 1.807) is 0 Å². The smallest absolute Gasteiger partial charge is 0.123 e. The zero-order valence-corrected chi connectivity index (χ0v) is 23.0. The SMILES string of the molecule is CCCCCCCCCCCCCCCCOC(CCCCCCCCCCC)C(O)S. The van der Waals surface area contributed by atoms with Gasteiger partial charge in [0.1, 0.15) is 5.44 Å². The number of hydrogen-bond acceptors (Lipinski definition) is 3. The third kappa shape index (κ3) is 24.9. The summed E-state index contributed by atoms with van der Waals surface area (Å²) in [6.45, 7) is 5.33. The normalized spacial score (nSPS) is 13.5. The predicted molar refractivity (Wildman–Crippen MR) is 147 cm³/mol. The Labute approximate surface area is 208 Å². The summed E-state index contributed by atoms with van der Waals surface area (Å²) in [4.78, 5) is 0. The zero-order valence-electron chi connectivity index (χ0n) is 22.1. The van der Waals surface area contributed by atoms with Crippen LogP contribution >= 0.6 is 12.6 Å². The second-order valence-electron chi connectivity index (χ2n) is 10.0. The number of thiol groups is 1. The van der Waals surface area contributed by atoms with Crippen LogP contribution in [0.5, 0.6) is 0 Å². The van der Waals surface area contributed by atoms with E-state index in [0.717, 1.165) is 25.9 Å². The van der Waals surface area contributed by atoms with Gasteiger partial charge in [0.05, 0.1) is 6.10 Å². The van der Waals surface area contributed by atoms with Gasteiger partial charge in [-0.25, -0.2) is 0 Å². The number of aliphatic hydroxyl groups is 1. The van der Waals surface area contributed by atoms with Gasteiger partial charge in [-0.2, -0.15) is 0 Å². The Morgan fingerprint density at radius 2 is 0.812 bits per heavy atom. The molecule has 0 aliphatic carbocycles. The molecule has 0 saturated carbocycles. The molecular weight excluding hydrogens is 412 g/mol. The molecule has 3 heteroatoms. The quantitative estimate of drug-likeness (QED) is 0.0707. The van der Waals surface area contributed by atoms with Crippen molar-refractivity contribution in [2.24, 2.45) is 0 Å². The van der Waals surface area contributed by atoms with Gasteiger partial charge >= 0.3 is 0 Å². The Morgan fingerprint density at radius 3 is 1.16 bits per heavy atom. The Kier molecular flexibility index (Phi) is 27.7. The molecule has 0 heterocycles. The van der Waals surface area contributed by atoms with Crippen LogP contribution in [0.3, 0.4) is 0 Å². The standard InChI is InChI=1S/C29H60O2S/c1-3-5-7-9-11-13-14-15-16-17-19-21-23-25-27-31-28(29(30)32)26-24-22-20-18-12-10-8-6-4-2/h28-30,32H,3-27H2,1-2H3. The fourth-order valence-electron chi connectivity index (χ4n) is 4.51. The van der Waals surface area contributed by atoms with Crippen LogP contribution in [0.15, 0.2) is 0 Å². The minimum atomic E-state index is -0.643. The van der Waals surface area contributed by atoms with E-state index in [9.17, 15) is 5.11 Å². The first-order valence-corrected chi connectivity index (χ1v) is 15.2. The first kappa shape index (κ1) is 32.3. The summed E-state index contributed by atoms with van der Waals surface area (Å²) < 4.78 is 5.96. The lowest BCUT2D eigenvalue weighted by molar-refractivity contribution is -0.00796. The molecule has 0 saturated heterocycles. The minimum Gasteiger partial charge on any atom is -0.380 e. The van der Waals surface area contributed by atoms with E-state index in [4.69, 9.17) is 4.74 Å². The predicted octanol–water partition coefficient (Wildman–Crippen LogP) is 10.0. The molecular formula is C29H60O2S. The number of hydrogen-bond donors (Lipinski definition) is 2. The maximum absolute atomic E-state index is 9.89. The topological polar surface area (TPSA) is 29.5 Å². The number of rotatable bonds is 27. The van der Waals surface area contributed by atoms with Crippen molar-refractivity contribution in [3.63, 3.8) is 0 Å². The van der Waals surface area contributed by atoms with Gasteiger partial charge in [-0.1, -0.05) is 155 Å². The highest BCUT2D eigenvalue weighted by molar-refractivity contribution is 7.80. The molecule has 1 N–H and O–H groups in total. The van der Waals surface area contributed by atoms with Gasteiger partial charge < -0.3 is 9.84 Å². The van der Waals surface area contributed by atoms with Crippen LogP contribution in [0.25, 0.3) is 0 Å². The second-order valence-corrected chi connectivity index (χ2v) is 10.6. The van der Waals surface area contributed by atoms with Gasteiger partial charge in [-0.15, -0.1) is 12.6 Å². The van der Waals surface area contributed by atoms with Gasteiger partial charge in [0, 0.05) is 6.61 Å². The first-order valence-electron chi connectivity index (χ1n) is 14.7. The van der Waals surface area contributed by atoms with Gasteiger partial charge in [-0.05, 0) is 12.8 Å². The molecule has 0 fully saturated rings. The fraction of sp³-hybridized carbons (Fsp3) is 1.00. The molecule has 0 aromatic carbocycles. The highest BCUT2D eigenvalue weighted by atomic mass is 32.1. The molecule has 194 valence electrons. The van der Waals surface area contributed by atoms with Gasteiger partial charge in [0.2, 0.25) is 0 Å². The molecule has 0 bridgehead atoms. The monoisotopic (exact) mass is 472 g/mol. The maximum Gasteiger partial charge on any atom is 0.123 e. The summed E-state index contributed by atoms with van der Waals surface area (Å²) in [5.41, 5.74) is -0.643. The molecule has 0 aliphatic heterocycles. The average Bonchev–Trinajstić information content (AvgIpc) is 2.78. The van der Waals surface area contributed by atoms with Crippen LogP contribution in [0.1, 0.15) is 168 Å². The summed E-state index contributed by atoms with van der Waals surface area (Å²) in [5, 5.41) is 9.89. The van der Waals surface area contributed by atoms with Crippen molar-refractivity contribution in [1.29, 1.82) is 0 Å². The molecule has 0 spiro atoms. The van der Waals surface area contributed by atoms with Crippen LogP contribution in [0.2, 0.25) is 0 Å². The number of ether oxygens (including phenoxy) is 1. The van der Waals surface area contributed by atoms with E-state index in [0.29, 0.717) is 0 Å². The Balaban J connectivity index is 3.38. The van der Waals surface area contributed by atoms with E-state index in [1.807, 2.05) is 0 Å². The minimum absolute atomic E-state index is 0.0927. The van der Waals surface area contributed by atoms with Crippen molar-refractivity contribution in [2.45, 2.75) is 179 Å². The number of unbranched alkanes of at least 4 members (excludes halogenated alkanes) is 21. The lowest BCUT2D eigenvalue weighted by Gasteiger charge is -2.20. The fourth-order valence-corrected chi connectivity index (χ4v) is 4.74. The molecule has 0 aromatic rings. The van der Waals surface area contributed by atoms with Crippen molar-refractivity contribution in [3.05, 3.63) is 0 Å². The molecule has 0 amide bonds. The van der Waals surface area contributed by atoms with E-state index >= 15 is 0 Å². The van der Waals surface area contributed by atoms with E-state index in [-0.39, 0.29) is 6.10 Å². The first-order chi connectivity index (χ1) is 15.7. The third-order valence-electron chi connectivity index (χ3n) is 6.75. The highest BCUT2D eigenvalue weighted by Crippen LogP contribution is 2.17. The van der Waals surface area contributed by atoms with Crippen molar-refractivity contribution in [3.8, 4) is 0 Å². The lowest BCUT2D eigenvalue weighted by Crippen LogP contribution is -2.25. The summed E-state index contributed by atoms with van der Waals surface area (Å²) in [6, 6.07) is 0. The Morgan fingerprint density at radius 1 is 0.500 bits per heavy atom. The van der Waals surface area contributed by atoms with Gasteiger partial charge in [0.15, 0.2) is 0 Å². The highest BCUT2D eigenvalue weighted by Gasteiger charge is 2.15. The molecule has 0 aliphatic rings. The second kappa shape index (κ2) is 27.5. The van der Waals surface area contributed by atoms with Crippen LogP contribution in [-0.2, 0) is 4.74 Å². The van der Waals surface area contributed by atoms with Crippen molar-refractivity contribution < 1.29 is 9.84 Å². The Bertz CT molecular complexity index is 335.